The number of Topliss-reactive ketones (excluding diaryl/α,β-unsaturated/α-hetero) is 1. The molecule has 1 saturated heterocycles. The lowest BCUT2D eigenvalue weighted by Gasteiger charge is -2.26. The van der Waals surface area contributed by atoms with Crippen molar-refractivity contribution in [1.29, 1.82) is 0 Å². The zero-order valence-electron chi connectivity index (χ0n) is 20.5. The summed E-state index contributed by atoms with van der Waals surface area (Å²) in [6.45, 7) is 7.70. The Labute approximate surface area is 205 Å². The predicted octanol–water partition coefficient (Wildman–Crippen LogP) is 5.73. The Morgan fingerprint density at radius 2 is 1.71 bits per heavy atom. The molecule has 0 spiro atoms. The smallest absolute Gasteiger partial charge is 0.300 e. The van der Waals surface area contributed by atoms with Crippen molar-refractivity contribution in [3.8, 4) is 11.5 Å². The molecule has 1 amide bonds. The quantitative estimate of drug-likeness (QED) is 0.282. The molecule has 0 saturated carbocycles. The van der Waals surface area contributed by atoms with E-state index in [9.17, 15) is 14.7 Å². The van der Waals surface area contributed by atoms with E-state index in [-0.39, 0.29) is 17.4 Å². The molecule has 0 aromatic heterocycles. The molecule has 6 heteroatoms. The first kappa shape index (κ1) is 24.1. The number of aliphatic hydroxyl groups excluding tert-OH is 1. The number of rotatable bonds is 6. The molecule has 0 aliphatic carbocycles. The number of hydrogen-bond donors (Lipinski definition) is 1. The number of carbonyl (C=O) groups is 2. The van der Waals surface area contributed by atoms with Crippen LogP contribution in [-0.4, -0.2) is 30.0 Å². The van der Waals surface area contributed by atoms with E-state index in [0.717, 1.165) is 16.7 Å². The number of hydrogen-bond acceptors (Lipinski definition) is 5. The number of aliphatic hydroxyl groups is 1. The van der Waals surface area contributed by atoms with Gasteiger partial charge >= 0.3 is 0 Å². The standard InChI is InChI=1S/C29H29NO5/c1-17(2)35-24-13-12-21(15-19(24)4)27(31)25-26(20-9-6-8-18(3)14-20)30(29(33)28(25)32)22-10-7-11-23(16-22)34-5/h6-17,26,31H,1-5H3/b27-25-. The minimum atomic E-state index is -0.797. The highest BCUT2D eigenvalue weighted by atomic mass is 16.5. The molecule has 4 rings (SSSR count). The van der Waals surface area contributed by atoms with Crippen molar-refractivity contribution in [1.82, 2.24) is 0 Å². The van der Waals surface area contributed by atoms with Crippen LogP contribution in [0.4, 0.5) is 5.69 Å². The molecule has 1 N–H and O–H groups in total. The van der Waals surface area contributed by atoms with Gasteiger partial charge in [0.05, 0.1) is 24.8 Å². The fourth-order valence-corrected chi connectivity index (χ4v) is 4.35. The van der Waals surface area contributed by atoms with Gasteiger partial charge in [-0.1, -0.05) is 35.9 Å². The summed E-state index contributed by atoms with van der Waals surface area (Å²) in [7, 11) is 1.54. The Kier molecular flexibility index (Phi) is 6.65. The van der Waals surface area contributed by atoms with Gasteiger partial charge in [-0.2, -0.15) is 0 Å². The van der Waals surface area contributed by atoms with Gasteiger partial charge < -0.3 is 14.6 Å². The molecule has 1 aliphatic heterocycles. The molecule has 3 aromatic carbocycles. The van der Waals surface area contributed by atoms with Crippen molar-refractivity contribution in [2.45, 2.75) is 39.8 Å². The van der Waals surface area contributed by atoms with Crippen molar-refractivity contribution >= 4 is 23.1 Å². The molecule has 1 aliphatic rings. The van der Waals surface area contributed by atoms with Crippen molar-refractivity contribution < 1.29 is 24.2 Å². The summed E-state index contributed by atoms with van der Waals surface area (Å²) in [6, 6.07) is 19.0. The number of aryl methyl sites for hydroxylation is 2. The molecule has 1 atom stereocenters. The minimum Gasteiger partial charge on any atom is -0.507 e. The highest BCUT2D eigenvalue weighted by Crippen LogP contribution is 2.43. The van der Waals surface area contributed by atoms with Crippen LogP contribution in [0.25, 0.3) is 5.76 Å². The average Bonchev–Trinajstić information content (AvgIpc) is 3.10. The highest BCUT2D eigenvalue weighted by Gasteiger charge is 2.47. The number of ketones is 1. The second kappa shape index (κ2) is 9.66. The Morgan fingerprint density at radius 1 is 0.971 bits per heavy atom. The number of amides is 1. The predicted molar refractivity (Wildman–Crippen MR) is 136 cm³/mol. The van der Waals surface area contributed by atoms with E-state index in [1.807, 2.05) is 52.0 Å². The van der Waals surface area contributed by atoms with E-state index in [1.165, 1.54) is 4.90 Å². The number of benzene rings is 3. The molecule has 0 bridgehead atoms. The molecule has 1 fully saturated rings. The topological polar surface area (TPSA) is 76.1 Å². The van der Waals surface area contributed by atoms with Gasteiger partial charge in [-0.3, -0.25) is 14.5 Å². The first-order chi connectivity index (χ1) is 16.7. The maximum Gasteiger partial charge on any atom is 0.300 e. The van der Waals surface area contributed by atoms with Gasteiger partial charge in [0.25, 0.3) is 11.7 Å². The largest absolute Gasteiger partial charge is 0.507 e. The third-order valence-electron chi connectivity index (χ3n) is 5.94. The lowest BCUT2D eigenvalue weighted by atomic mass is 9.94. The summed E-state index contributed by atoms with van der Waals surface area (Å²) in [5.41, 5.74) is 3.51. The molecule has 0 radical (unpaired) electrons. The van der Waals surface area contributed by atoms with E-state index >= 15 is 0 Å². The number of methoxy groups -OCH3 is 1. The van der Waals surface area contributed by atoms with Crippen LogP contribution in [0.2, 0.25) is 0 Å². The lowest BCUT2D eigenvalue weighted by molar-refractivity contribution is -0.132. The molecule has 35 heavy (non-hydrogen) atoms. The molecule has 1 unspecified atom stereocenters. The molecule has 3 aromatic rings. The van der Waals surface area contributed by atoms with Crippen molar-refractivity contribution in [2.24, 2.45) is 0 Å². The van der Waals surface area contributed by atoms with Gasteiger partial charge in [-0.05, 0) is 69.2 Å². The number of anilines is 1. The van der Waals surface area contributed by atoms with Crippen LogP contribution in [0, 0.1) is 13.8 Å². The van der Waals surface area contributed by atoms with E-state index in [4.69, 9.17) is 9.47 Å². The number of nitrogens with zero attached hydrogens (tertiary/aromatic N) is 1. The Bertz CT molecular complexity index is 1320. The van der Waals surface area contributed by atoms with E-state index in [0.29, 0.717) is 22.7 Å². The SMILES string of the molecule is COc1cccc(N2C(=O)C(=O)/C(=C(\O)c3ccc(OC(C)C)c(C)c3)C2c2cccc(C)c2)c1. The third kappa shape index (κ3) is 4.64. The van der Waals surface area contributed by atoms with Crippen molar-refractivity contribution in [2.75, 3.05) is 12.0 Å². The van der Waals surface area contributed by atoms with Crippen LogP contribution in [0.3, 0.4) is 0 Å². The second-order valence-corrected chi connectivity index (χ2v) is 8.93. The van der Waals surface area contributed by atoms with Gasteiger partial charge in [0, 0.05) is 17.3 Å². The third-order valence-corrected chi connectivity index (χ3v) is 5.94. The van der Waals surface area contributed by atoms with Crippen molar-refractivity contribution in [3.63, 3.8) is 0 Å². The molecular formula is C29H29NO5. The van der Waals surface area contributed by atoms with Crippen LogP contribution in [-0.2, 0) is 9.59 Å². The Morgan fingerprint density at radius 3 is 2.37 bits per heavy atom. The summed E-state index contributed by atoms with van der Waals surface area (Å²) in [5.74, 6) is -0.411. The Balaban J connectivity index is 1.90. The van der Waals surface area contributed by atoms with Gasteiger partial charge in [0.15, 0.2) is 0 Å². The normalized spacial score (nSPS) is 17.2. The highest BCUT2D eigenvalue weighted by molar-refractivity contribution is 6.51. The Hall–Kier alpha value is -4.06. The summed E-state index contributed by atoms with van der Waals surface area (Å²) in [5, 5.41) is 11.4. The monoisotopic (exact) mass is 471 g/mol. The zero-order chi connectivity index (χ0) is 25.3. The molecular weight excluding hydrogens is 442 g/mol. The van der Waals surface area contributed by atoms with E-state index < -0.39 is 17.7 Å². The second-order valence-electron chi connectivity index (χ2n) is 8.93. The maximum absolute atomic E-state index is 13.4. The zero-order valence-corrected chi connectivity index (χ0v) is 20.5. The average molecular weight is 472 g/mol. The number of carbonyl (C=O) groups excluding carboxylic acids is 2. The summed E-state index contributed by atoms with van der Waals surface area (Å²) in [4.78, 5) is 28.1. The van der Waals surface area contributed by atoms with E-state index in [2.05, 4.69) is 0 Å². The van der Waals surface area contributed by atoms with Crippen LogP contribution in [0.15, 0.2) is 72.3 Å². The van der Waals surface area contributed by atoms with Gasteiger partial charge in [0.1, 0.15) is 17.3 Å². The lowest BCUT2D eigenvalue weighted by Crippen LogP contribution is -2.29. The van der Waals surface area contributed by atoms with Crippen LogP contribution < -0.4 is 14.4 Å². The molecule has 6 nitrogen and oxygen atoms in total. The number of ether oxygens (including phenoxy) is 2. The first-order valence-electron chi connectivity index (χ1n) is 11.5. The fraction of sp³-hybridized carbons (Fsp3) is 0.241. The first-order valence-corrected chi connectivity index (χ1v) is 11.5. The van der Waals surface area contributed by atoms with Gasteiger partial charge in [-0.15, -0.1) is 0 Å². The van der Waals surface area contributed by atoms with Crippen LogP contribution in [0.1, 0.15) is 42.1 Å². The van der Waals surface area contributed by atoms with Crippen molar-refractivity contribution in [3.05, 3.63) is 94.6 Å². The van der Waals surface area contributed by atoms with Gasteiger partial charge in [0.2, 0.25) is 0 Å². The minimum absolute atomic E-state index is 0.00246. The summed E-state index contributed by atoms with van der Waals surface area (Å²) < 4.78 is 11.1. The van der Waals surface area contributed by atoms with E-state index in [1.54, 1.807) is 49.6 Å². The molecule has 180 valence electrons. The van der Waals surface area contributed by atoms with Gasteiger partial charge in [-0.25, -0.2) is 0 Å². The van der Waals surface area contributed by atoms with Crippen LogP contribution in [0.5, 0.6) is 11.5 Å². The fourth-order valence-electron chi connectivity index (χ4n) is 4.35. The van der Waals surface area contributed by atoms with Crippen LogP contribution >= 0.6 is 0 Å². The molecule has 1 heterocycles. The summed E-state index contributed by atoms with van der Waals surface area (Å²) >= 11 is 0. The maximum atomic E-state index is 13.4. The summed E-state index contributed by atoms with van der Waals surface area (Å²) in [6.07, 6.45) is 0.00246.